The Balaban J connectivity index is 2.46. The predicted octanol–water partition coefficient (Wildman–Crippen LogP) is 1.70. The molecule has 0 aromatic heterocycles. The van der Waals surface area contributed by atoms with Gasteiger partial charge in [0.15, 0.2) is 0 Å². The summed E-state index contributed by atoms with van der Waals surface area (Å²) >= 11 is 1.54. The van der Waals surface area contributed by atoms with Crippen molar-refractivity contribution in [3.8, 4) is 5.75 Å². The van der Waals surface area contributed by atoms with Gasteiger partial charge in [0, 0.05) is 6.54 Å². The minimum atomic E-state index is -1.03. The monoisotopic (exact) mass is 312 g/mol. The summed E-state index contributed by atoms with van der Waals surface area (Å²) in [5.41, 5.74) is 0.875. The fourth-order valence-corrected chi connectivity index (χ4v) is 2.14. The summed E-state index contributed by atoms with van der Waals surface area (Å²) in [6.45, 7) is 0.303. The number of hydrogen-bond acceptors (Lipinski definition) is 4. The average Bonchev–Trinajstić information content (AvgIpc) is 2.49. The second-order valence-corrected chi connectivity index (χ2v) is 5.34. The van der Waals surface area contributed by atoms with Crippen LogP contribution in [0.1, 0.15) is 12.0 Å². The number of rotatable bonds is 8. The number of ether oxygens (including phenoxy) is 1. The third-order valence-electron chi connectivity index (χ3n) is 2.80. The molecule has 0 spiro atoms. The van der Waals surface area contributed by atoms with Crippen LogP contribution in [0.2, 0.25) is 0 Å². The van der Waals surface area contributed by atoms with Gasteiger partial charge in [0.25, 0.3) is 0 Å². The molecule has 1 aromatic carbocycles. The van der Waals surface area contributed by atoms with E-state index in [-0.39, 0.29) is 0 Å². The Bertz CT molecular complexity index is 482. The molecule has 7 heteroatoms. The number of urea groups is 1. The first-order chi connectivity index (χ1) is 10.1. The quantitative estimate of drug-likeness (QED) is 0.680. The van der Waals surface area contributed by atoms with Gasteiger partial charge < -0.3 is 20.5 Å². The van der Waals surface area contributed by atoms with Crippen LogP contribution in [0.5, 0.6) is 5.75 Å². The van der Waals surface area contributed by atoms with E-state index in [0.29, 0.717) is 24.5 Å². The SMILES string of the molecule is COc1cccc(CNC(=O)N[C@@H](CCSC)C(=O)O)c1. The minimum absolute atomic E-state index is 0.303. The van der Waals surface area contributed by atoms with Crippen molar-refractivity contribution >= 4 is 23.8 Å². The van der Waals surface area contributed by atoms with E-state index < -0.39 is 18.0 Å². The molecule has 2 amide bonds. The summed E-state index contributed by atoms with van der Waals surface area (Å²) in [4.78, 5) is 22.8. The lowest BCUT2D eigenvalue weighted by Gasteiger charge is -2.14. The number of amides is 2. The molecule has 0 fully saturated rings. The Morgan fingerprint density at radius 2 is 2.19 bits per heavy atom. The Labute approximate surface area is 128 Å². The average molecular weight is 312 g/mol. The molecule has 1 atom stereocenters. The normalized spacial score (nSPS) is 11.5. The number of methoxy groups -OCH3 is 1. The van der Waals surface area contributed by atoms with Crippen LogP contribution in [0, 0.1) is 0 Å². The summed E-state index contributed by atoms with van der Waals surface area (Å²) in [5, 5.41) is 14.1. The lowest BCUT2D eigenvalue weighted by atomic mass is 10.2. The molecule has 0 heterocycles. The van der Waals surface area contributed by atoms with Gasteiger partial charge in [-0.3, -0.25) is 0 Å². The number of carboxylic acids is 1. The molecule has 3 N–H and O–H groups in total. The standard InChI is InChI=1S/C14H20N2O4S/c1-20-11-5-3-4-10(8-11)9-15-14(19)16-12(13(17)18)6-7-21-2/h3-5,8,12H,6-7,9H2,1-2H3,(H,17,18)(H2,15,16,19)/t12-/m0/s1. The van der Waals surface area contributed by atoms with Crippen molar-refractivity contribution in [1.29, 1.82) is 0 Å². The van der Waals surface area contributed by atoms with Crippen molar-refractivity contribution in [2.75, 3.05) is 19.1 Å². The van der Waals surface area contributed by atoms with E-state index in [1.807, 2.05) is 30.5 Å². The van der Waals surface area contributed by atoms with Crippen molar-refractivity contribution in [3.63, 3.8) is 0 Å². The van der Waals surface area contributed by atoms with E-state index in [4.69, 9.17) is 9.84 Å². The van der Waals surface area contributed by atoms with Gasteiger partial charge in [-0.25, -0.2) is 9.59 Å². The van der Waals surface area contributed by atoms with Crippen LogP contribution in [0.15, 0.2) is 24.3 Å². The van der Waals surface area contributed by atoms with Gasteiger partial charge in [-0.1, -0.05) is 12.1 Å². The van der Waals surface area contributed by atoms with Gasteiger partial charge >= 0.3 is 12.0 Å². The van der Waals surface area contributed by atoms with Gasteiger partial charge in [0.2, 0.25) is 0 Å². The Morgan fingerprint density at radius 1 is 1.43 bits per heavy atom. The fourth-order valence-electron chi connectivity index (χ4n) is 1.67. The number of aliphatic carboxylic acids is 1. The number of carbonyl (C=O) groups excluding carboxylic acids is 1. The summed E-state index contributed by atoms with van der Waals surface area (Å²) in [5.74, 6) is 0.353. The second kappa shape index (κ2) is 9.12. The van der Waals surface area contributed by atoms with E-state index in [0.717, 1.165) is 5.56 Å². The molecule has 6 nitrogen and oxygen atoms in total. The first-order valence-electron chi connectivity index (χ1n) is 6.46. The molecule has 0 saturated carbocycles. The molecule has 0 radical (unpaired) electrons. The molecular weight excluding hydrogens is 292 g/mol. The number of thioether (sulfide) groups is 1. The molecule has 1 rings (SSSR count). The Morgan fingerprint density at radius 3 is 2.81 bits per heavy atom. The first kappa shape index (κ1) is 17.2. The summed E-state index contributed by atoms with van der Waals surface area (Å²) in [6.07, 6.45) is 2.28. The molecule has 0 bridgehead atoms. The van der Waals surface area contributed by atoms with Crippen LogP contribution < -0.4 is 15.4 Å². The van der Waals surface area contributed by atoms with Crippen molar-refractivity contribution in [2.45, 2.75) is 19.0 Å². The van der Waals surface area contributed by atoms with Crippen molar-refractivity contribution in [3.05, 3.63) is 29.8 Å². The maximum atomic E-state index is 11.7. The van der Waals surface area contributed by atoms with Crippen LogP contribution in [-0.4, -0.2) is 42.3 Å². The number of hydrogen-bond donors (Lipinski definition) is 3. The molecule has 0 unspecified atom stereocenters. The zero-order valence-electron chi connectivity index (χ0n) is 12.1. The smallest absolute Gasteiger partial charge is 0.326 e. The highest BCUT2D eigenvalue weighted by Crippen LogP contribution is 2.12. The zero-order valence-corrected chi connectivity index (χ0v) is 12.9. The van der Waals surface area contributed by atoms with Crippen LogP contribution >= 0.6 is 11.8 Å². The lowest BCUT2D eigenvalue weighted by Crippen LogP contribution is -2.46. The number of nitrogens with one attached hydrogen (secondary N) is 2. The highest BCUT2D eigenvalue weighted by atomic mass is 32.2. The van der Waals surface area contributed by atoms with Crippen LogP contribution in [0.25, 0.3) is 0 Å². The maximum absolute atomic E-state index is 11.7. The van der Waals surface area contributed by atoms with Crippen molar-refractivity contribution < 1.29 is 19.4 Å². The molecule has 0 aliphatic carbocycles. The minimum Gasteiger partial charge on any atom is -0.497 e. The third kappa shape index (κ3) is 6.40. The first-order valence-corrected chi connectivity index (χ1v) is 7.85. The summed E-state index contributed by atoms with van der Waals surface area (Å²) in [7, 11) is 1.57. The van der Waals surface area contributed by atoms with Gasteiger partial charge in [-0.15, -0.1) is 0 Å². The van der Waals surface area contributed by atoms with Crippen LogP contribution in [0.3, 0.4) is 0 Å². The Kier molecular flexibility index (Phi) is 7.45. The van der Waals surface area contributed by atoms with E-state index >= 15 is 0 Å². The summed E-state index contributed by atoms with van der Waals surface area (Å²) < 4.78 is 5.09. The molecule has 1 aromatic rings. The maximum Gasteiger partial charge on any atom is 0.326 e. The predicted molar refractivity (Wildman–Crippen MR) is 82.8 cm³/mol. The zero-order chi connectivity index (χ0) is 15.7. The van der Waals surface area contributed by atoms with Crippen molar-refractivity contribution in [1.82, 2.24) is 10.6 Å². The molecule has 116 valence electrons. The molecule has 0 aliphatic heterocycles. The van der Waals surface area contributed by atoms with Crippen LogP contribution in [-0.2, 0) is 11.3 Å². The van der Waals surface area contributed by atoms with E-state index in [9.17, 15) is 9.59 Å². The Hall–Kier alpha value is -1.89. The van der Waals surface area contributed by atoms with Gasteiger partial charge in [0.05, 0.1) is 7.11 Å². The second-order valence-electron chi connectivity index (χ2n) is 4.35. The fraction of sp³-hybridized carbons (Fsp3) is 0.429. The highest BCUT2D eigenvalue weighted by Gasteiger charge is 2.18. The number of carboxylic acid groups (broad SMARTS) is 1. The molecule has 21 heavy (non-hydrogen) atoms. The molecular formula is C14H20N2O4S. The number of carbonyl (C=O) groups is 2. The largest absolute Gasteiger partial charge is 0.497 e. The third-order valence-corrected chi connectivity index (χ3v) is 3.45. The lowest BCUT2D eigenvalue weighted by molar-refractivity contribution is -0.139. The van der Waals surface area contributed by atoms with Gasteiger partial charge in [-0.05, 0) is 36.1 Å². The van der Waals surface area contributed by atoms with E-state index in [1.54, 1.807) is 7.11 Å². The molecule has 0 aliphatic rings. The molecule has 0 saturated heterocycles. The van der Waals surface area contributed by atoms with E-state index in [1.165, 1.54) is 11.8 Å². The summed E-state index contributed by atoms with van der Waals surface area (Å²) in [6, 6.07) is 5.93. The highest BCUT2D eigenvalue weighted by molar-refractivity contribution is 7.98. The van der Waals surface area contributed by atoms with Gasteiger partial charge in [-0.2, -0.15) is 11.8 Å². The topological polar surface area (TPSA) is 87.7 Å². The number of benzene rings is 1. The van der Waals surface area contributed by atoms with Gasteiger partial charge in [0.1, 0.15) is 11.8 Å². The van der Waals surface area contributed by atoms with E-state index in [2.05, 4.69) is 10.6 Å². The van der Waals surface area contributed by atoms with Crippen molar-refractivity contribution in [2.24, 2.45) is 0 Å². The van der Waals surface area contributed by atoms with Crippen LogP contribution in [0.4, 0.5) is 4.79 Å².